The molecule has 0 aromatic heterocycles. The maximum atomic E-state index is 11.9. The number of nitrogens with one attached hydrogen (secondary N) is 3. The Labute approximate surface area is 161 Å². The van der Waals surface area contributed by atoms with E-state index in [2.05, 4.69) is 58.2 Å². The number of guanidine groups is 1. The molecule has 0 fully saturated rings. The van der Waals surface area contributed by atoms with Crippen molar-refractivity contribution in [2.75, 3.05) is 25.5 Å². The Morgan fingerprint density at radius 2 is 1.89 bits per heavy atom. The number of fused-ring (bicyclic) bond motifs is 1. The molecule has 0 saturated heterocycles. The van der Waals surface area contributed by atoms with Crippen LogP contribution in [-0.4, -0.2) is 32.0 Å². The second-order valence-corrected chi connectivity index (χ2v) is 7.02. The number of anilines is 1. The first kappa shape index (κ1) is 19.0. The van der Waals surface area contributed by atoms with Crippen molar-refractivity contribution < 1.29 is 4.79 Å². The Hall–Kier alpha value is -2.82. The van der Waals surface area contributed by atoms with Gasteiger partial charge < -0.3 is 16.0 Å². The van der Waals surface area contributed by atoms with Crippen molar-refractivity contribution in [2.24, 2.45) is 4.99 Å². The third-order valence-corrected chi connectivity index (χ3v) is 5.08. The van der Waals surface area contributed by atoms with Gasteiger partial charge in [-0.05, 0) is 29.5 Å². The van der Waals surface area contributed by atoms with Crippen LogP contribution in [0, 0.1) is 0 Å². The Bertz CT molecular complexity index is 788. The van der Waals surface area contributed by atoms with E-state index in [1.54, 1.807) is 7.05 Å². The lowest BCUT2D eigenvalue weighted by Crippen LogP contribution is -2.41. The molecular weight excluding hydrogens is 336 g/mol. The lowest BCUT2D eigenvalue weighted by atomic mass is 9.90. The van der Waals surface area contributed by atoms with Gasteiger partial charge in [0.25, 0.3) is 0 Å². The van der Waals surface area contributed by atoms with E-state index >= 15 is 0 Å². The van der Waals surface area contributed by atoms with Gasteiger partial charge in [0.1, 0.15) is 0 Å². The number of aliphatic imine (C=N–C) groups is 1. The SMILES string of the molecule is CN=C(NCCC(C)c1ccccc1)NCC1CC(=O)Nc2ccccc21. The Morgan fingerprint density at radius 1 is 1.15 bits per heavy atom. The molecule has 0 bridgehead atoms. The summed E-state index contributed by atoms with van der Waals surface area (Å²) in [5.74, 6) is 1.49. The summed E-state index contributed by atoms with van der Waals surface area (Å²) in [5, 5.41) is 9.70. The van der Waals surface area contributed by atoms with Crippen molar-refractivity contribution >= 4 is 17.6 Å². The van der Waals surface area contributed by atoms with Gasteiger partial charge >= 0.3 is 0 Å². The van der Waals surface area contributed by atoms with Crippen molar-refractivity contribution in [2.45, 2.75) is 31.6 Å². The van der Waals surface area contributed by atoms with E-state index in [1.165, 1.54) is 11.1 Å². The lowest BCUT2D eigenvalue weighted by Gasteiger charge is -2.26. The number of amides is 1. The second kappa shape index (κ2) is 9.21. The van der Waals surface area contributed by atoms with Crippen molar-refractivity contribution in [3.63, 3.8) is 0 Å². The zero-order chi connectivity index (χ0) is 19.1. The van der Waals surface area contributed by atoms with Crippen LogP contribution in [0.5, 0.6) is 0 Å². The van der Waals surface area contributed by atoms with E-state index < -0.39 is 0 Å². The van der Waals surface area contributed by atoms with Gasteiger partial charge in [-0.3, -0.25) is 9.79 Å². The van der Waals surface area contributed by atoms with Crippen molar-refractivity contribution in [3.05, 3.63) is 65.7 Å². The fraction of sp³-hybridized carbons (Fsp3) is 0.364. The Kier molecular flexibility index (Phi) is 6.47. The van der Waals surface area contributed by atoms with Crippen LogP contribution in [0.3, 0.4) is 0 Å². The molecule has 1 aliphatic heterocycles. The number of nitrogens with zero attached hydrogens (tertiary/aromatic N) is 1. The lowest BCUT2D eigenvalue weighted by molar-refractivity contribution is -0.116. The normalized spacial score (nSPS) is 17.6. The van der Waals surface area contributed by atoms with Crippen molar-refractivity contribution in [1.82, 2.24) is 10.6 Å². The van der Waals surface area contributed by atoms with Gasteiger partial charge in [0.15, 0.2) is 5.96 Å². The minimum absolute atomic E-state index is 0.0696. The van der Waals surface area contributed by atoms with Crippen molar-refractivity contribution in [3.8, 4) is 0 Å². The van der Waals surface area contributed by atoms with Crippen LogP contribution in [-0.2, 0) is 4.79 Å². The third-order valence-electron chi connectivity index (χ3n) is 5.08. The van der Waals surface area contributed by atoms with E-state index in [4.69, 9.17) is 0 Å². The molecule has 0 radical (unpaired) electrons. The highest BCUT2D eigenvalue weighted by Crippen LogP contribution is 2.31. The summed E-state index contributed by atoms with van der Waals surface area (Å²) < 4.78 is 0. The average molecular weight is 364 g/mol. The number of carbonyl (C=O) groups excluding carboxylic acids is 1. The van der Waals surface area contributed by atoms with Crippen LogP contribution < -0.4 is 16.0 Å². The molecule has 0 aliphatic carbocycles. The smallest absolute Gasteiger partial charge is 0.225 e. The van der Waals surface area contributed by atoms with E-state index in [-0.39, 0.29) is 11.8 Å². The molecule has 1 amide bonds. The van der Waals surface area contributed by atoms with Crippen LogP contribution >= 0.6 is 0 Å². The predicted octanol–water partition coefficient (Wildman–Crippen LogP) is 3.47. The van der Waals surface area contributed by atoms with E-state index in [1.807, 2.05) is 24.3 Å². The molecule has 27 heavy (non-hydrogen) atoms. The fourth-order valence-corrected chi connectivity index (χ4v) is 3.48. The summed E-state index contributed by atoms with van der Waals surface area (Å²) in [6, 6.07) is 18.5. The second-order valence-electron chi connectivity index (χ2n) is 7.02. The molecule has 1 aliphatic rings. The maximum absolute atomic E-state index is 11.9. The van der Waals surface area contributed by atoms with Crippen molar-refractivity contribution in [1.29, 1.82) is 0 Å². The summed E-state index contributed by atoms with van der Waals surface area (Å²) in [7, 11) is 1.78. The highest BCUT2D eigenvalue weighted by Gasteiger charge is 2.24. The molecule has 2 unspecified atom stereocenters. The minimum atomic E-state index is 0.0696. The number of carbonyl (C=O) groups is 1. The van der Waals surface area contributed by atoms with Gasteiger partial charge in [-0.15, -0.1) is 0 Å². The van der Waals surface area contributed by atoms with Crippen LogP contribution in [0.15, 0.2) is 59.6 Å². The molecule has 2 aromatic rings. The van der Waals surface area contributed by atoms with Gasteiger partial charge in [-0.1, -0.05) is 55.5 Å². The number of hydrogen-bond donors (Lipinski definition) is 3. The number of para-hydroxylation sites is 1. The van der Waals surface area contributed by atoms with Crippen LogP contribution in [0.25, 0.3) is 0 Å². The molecule has 3 rings (SSSR count). The first-order valence-corrected chi connectivity index (χ1v) is 9.55. The first-order chi connectivity index (χ1) is 13.2. The average Bonchev–Trinajstić information content (AvgIpc) is 2.70. The van der Waals surface area contributed by atoms with E-state index in [9.17, 15) is 4.79 Å². The summed E-state index contributed by atoms with van der Waals surface area (Å²) in [4.78, 5) is 16.3. The monoisotopic (exact) mass is 364 g/mol. The van der Waals surface area contributed by atoms with Gasteiger partial charge in [0.2, 0.25) is 5.91 Å². The minimum Gasteiger partial charge on any atom is -0.356 e. The molecule has 2 atom stereocenters. The molecule has 0 saturated carbocycles. The maximum Gasteiger partial charge on any atom is 0.225 e. The molecule has 5 nitrogen and oxygen atoms in total. The highest BCUT2D eigenvalue weighted by molar-refractivity contribution is 5.94. The molecular formula is C22H28N4O. The summed E-state index contributed by atoms with van der Waals surface area (Å²) >= 11 is 0. The quantitative estimate of drug-likeness (QED) is 0.543. The molecule has 1 heterocycles. The number of rotatable bonds is 6. The number of hydrogen-bond acceptors (Lipinski definition) is 2. The van der Waals surface area contributed by atoms with Gasteiger partial charge in [0, 0.05) is 38.2 Å². The van der Waals surface area contributed by atoms with Crippen LogP contribution in [0.2, 0.25) is 0 Å². The Morgan fingerprint density at radius 3 is 2.67 bits per heavy atom. The zero-order valence-electron chi connectivity index (χ0n) is 16.0. The van der Waals surface area contributed by atoms with Gasteiger partial charge in [0.05, 0.1) is 0 Å². The highest BCUT2D eigenvalue weighted by atomic mass is 16.1. The topological polar surface area (TPSA) is 65.5 Å². The van der Waals surface area contributed by atoms with E-state index in [0.29, 0.717) is 18.9 Å². The predicted molar refractivity (Wildman–Crippen MR) is 111 cm³/mol. The summed E-state index contributed by atoms with van der Waals surface area (Å²) in [6.07, 6.45) is 1.52. The van der Waals surface area contributed by atoms with Gasteiger partial charge in [-0.25, -0.2) is 0 Å². The Balaban J connectivity index is 1.49. The molecule has 3 N–H and O–H groups in total. The largest absolute Gasteiger partial charge is 0.356 e. The van der Waals surface area contributed by atoms with E-state index in [0.717, 1.165) is 24.6 Å². The fourth-order valence-electron chi connectivity index (χ4n) is 3.48. The molecule has 0 spiro atoms. The molecule has 142 valence electrons. The zero-order valence-corrected chi connectivity index (χ0v) is 16.0. The molecule has 5 heteroatoms. The first-order valence-electron chi connectivity index (χ1n) is 9.55. The van der Waals surface area contributed by atoms with Crippen LogP contribution in [0.1, 0.15) is 42.7 Å². The third kappa shape index (κ3) is 5.09. The van der Waals surface area contributed by atoms with Gasteiger partial charge in [-0.2, -0.15) is 0 Å². The summed E-state index contributed by atoms with van der Waals surface area (Å²) in [5.41, 5.74) is 3.45. The number of benzene rings is 2. The standard InChI is InChI=1S/C22H28N4O/c1-16(17-8-4-3-5-9-17)12-13-24-22(23-2)25-15-18-14-21(27)26-20-11-7-6-10-19(18)20/h3-11,16,18H,12-15H2,1-2H3,(H,26,27)(H2,23,24,25). The summed E-state index contributed by atoms with van der Waals surface area (Å²) in [6.45, 7) is 3.76. The van der Waals surface area contributed by atoms with Crippen LogP contribution in [0.4, 0.5) is 5.69 Å². The molecule has 2 aromatic carbocycles.